The molecule has 1 heterocycles. The summed E-state index contributed by atoms with van der Waals surface area (Å²) in [7, 11) is 0. The Kier molecular flexibility index (Phi) is 4.28. The fraction of sp³-hybridized carbons (Fsp3) is 0.357. The van der Waals surface area contributed by atoms with Crippen molar-refractivity contribution in [3.63, 3.8) is 0 Å². The van der Waals surface area contributed by atoms with Gasteiger partial charge in [0, 0.05) is 6.54 Å². The Balaban J connectivity index is 2.22. The van der Waals surface area contributed by atoms with E-state index in [0.717, 1.165) is 12.8 Å². The second-order valence-corrected chi connectivity index (χ2v) is 4.37. The molecule has 5 heteroatoms. The predicted molar refractivity (Wildman–Crippen MR) is 73.9 cm³/mol. The van der Waals surface area contributed by atoms with Crippen molar-refractivity contribution in [3.8, 4) is 0 Å². The van der Waals surface area contributed by atoms with E-state index in [-0.39, 0.29) is 18.0 Å². The van der Waals surface area contributed by atoms with E-state index < -0.39 is 0 Å². The molecular weight excluding hydrogens is 242 g/mol. The van der Waals surface area contributed by atoms with Gasteiger partial charge in [-0.25, -0.2) is 4.98 Å². The first-order chi connectivity index (χ1) is 9.22. The zero-order valence-electron chi connectivity index (χ0n) is 10.9. The van der Waals surface area contributed by atoms with Crippen molar-refractivity contribution in [2.45, 2.75) is 26.3 Å². The third-order valence-electron chi connectivity index (χ3n) is 2.91. The van der Waals surface area contributed by atoms with Gasteiger partial charge in [0.1, 0.15) is 6.54 Å². The quantitative estimate of drug-likeness (QED) is 0.823. The van der Waals surface area contributed by atoms with Crippen molar-refractivity contribution in [2.75, 3.05) is 6.54 Å². The highest BCUT2D eigenvalue weighted by atomic mass is 16.2. The van der Waals surface area contributed by atoms with Gasteiger partial charge in [0.05, 0.1) is 17.2 Å². The van der Waals surface area contributed by atoms with E-state index in [1.807, 2.05) is 18.2 Å². The fourth-order valence-electron chi connectivity index (χ4n) is 1.88. The van der Waals surface area contributed by atoms with Gasteiger partial charge in [0.25, 0.3) is 5.56 Å². The number of aromatic nitrogens is 2. The molecule has 19 heavy (non-hydrogen) atoms. The molecule has 0 unspecified atom stereocenters. The zero-order chi connectivity index (χ0) is 13.7. The standard InChI is InChI=1S/C14H17N3O2/c1-2-3-8-15-13(18)10-17-12-7-5-4-6-11(12)16-9-14(17)19/h4-7,9H,2-3,8,10H2,1H3,(H,15,18). The van der Waals surface area contributed by atoms with Crippen LogP contribution in [0.2, 0.25) is 0 Å². The van der Waals surface area contributed by atoms with Crippen LogP contribution < -0.4 is 10.9 Å². The highest BCUT2D eigenvalue weighted by Gasteiger charge is 2.07. The minimum Gasteiger partial charge on any atom is -0.355 e. The average Bonchev–Trinajstić information content (AvgIpc) is 2.42. The third kappa shape index (κ3) is 3.19. The van der Waals surface area contributed by atoms with Crippen molar-refractivity contribution in [1.29, 1.82) is 0 Å². The monoisotopic (exact) mass is 259 g/mol. The molecule has 2 aromatic rings. The van der Waals surface area contributed by atoms with Gasteiger partial charge in [-0.3, -0.25) is 14.2 Å². The molecule has 0 radical (unpaired) electrons. The predicted octanol–water partition coefficient (Wildman–Crippen LogP) is 1.31. The molecule has 1 aromatic carbocycles. The van der Waals surface area contributed by atoms with Crippen LogP contribution in [0.1, 0.15) is 19.8 Å². The van der Waals surface area contributed by atoms with Crippen molar-refractivity contribution in [2.24, 2.45) is 0 Å². The fourth-order valence-corrected chi connectivity index (χ4v) is 1.88. The highest BCUT2D eigenvalue weighted by Crippen LogP contribution is 2.07. The Hall–Kier alpha value is -2.17. The van der Waals surface area contributed by atoms with Gasteiger partial charge >= 0.3 is 0 Å². The van der Waals surface area contributed by atoms with Gasteiger partial charge in [-0.1, -0.05) is 25.5 Å². The Morgan fingerprint density at radius 2 is 2.16 bits per heavy atom. The van der Waals surface area contributed by atoms with Crippen molar-refractivity contribution < 1.29 is 4.79 Å². The lowest BCUT2D eigenvalue weighted by Crippen LogP contribution is -2.33. The van der Waals surface area contributed by atoms with Crippen LogP contribution in [0.5, 0.6) is 0 Å². The first-order valence-corrected chi connectivity index (χ1v) is 6.43. The summed E-state index contributed by atoms with van der Waals surface area (Å²) in [6.45, 7) is 2.74. The van der Waals surface area contributed by atoms with E-state index >= 15 is 0 Å². The maximum absolute atomic E-state index is 11.8. The average molecular weight is 259 g/mol. The molecule has 0 saturated heterocycles. The summed E-state index contributed by atoms with van der Waals surface area (Å²) in [5.74, 6) is -0.146. The molecule has 2 rings (SSSR count). The molecule has 0 fully saturated rings. The van der Waals surface area contributed by atoms with E-state index in [9.17, 15) is 9.59 Å². The van der Waals surface area contributed by atoms with Crippen LogP contribution >= 0.6 is 0 Å². The minimum absolute atomic E-state index is 0.0333. The summed E-state index contributed by atoms with van der Waals surface area (Å²) in [6.07, 6.45) is 3.22. The molecule has 0 spiro atoms. The molecule has 0 aliphatic carbocycles. The maximum atomic E-state index is 11.8. The second-order valence-electron chi connectivity index (χ2n) is 4.37. The molecule has 1 N–H and O–H groups in total. The summed E-state index contributed by atoms with van der Waals surface area (Å²) >= 11 is 0. The Morgan fingerprint density at radius 3 is 2.95 bits per heavy atom. The summed E-state index contributed by atoms with van der Waals surface area (Å²) in [5.41, 5.74) is 1.13. The molecule has 0 aliphatic heterocycles. The van der Waals surface area contributed by atoms with Crippen LogP contribution in [0.4, 0.5) is 0 Å². The van der Waals surface area contributed by atoms with Crippen LogP contribution in [0.25, 0.3) is 11.0 Å². The number of nitrogens with one attached hydrogen (secondary N) is 1. The zero-order valence-corrected chi connectivity index (χ0v) is 10.9. The molecule has 100 valence electrons. The number of benzene rings is 1. The smallest absolute Gasteiger partial charge is 0.269 e. The number of rotatable bonds is 5. The van der Waals surface area contributed by atoms with Crippen molar-refractivity contribution in [1.82, 2.24) is 14.9 Å². The van der Waals surface area contributed by atoms with Crippen LogP contribution in [0, 0.1) is 0 Å². The molecule has 1 aromatic heterocycles. The first-order valence-electron chi connectivity index (χ1n) is 6.43. The number of amides is 1. The molecule has 1 amide bonds. The van der Waals surface area contributed by atoms with E-state index in [2.05, 4.69) is 17.2 Å². The topological polar surface area (TPSA) is 64.0 Å². The number of para-hydroxylation sites is 2. The van der Waals surface area contributed by atoms with Crippen molar-refractivity contribution >= 4 is 16.9 Å². The molecule has 0 atom stereocenters. The van der Waals surface area contributed by atoms with Gasteiger partial charge < -0.3 is 5.32 Å². The number of fused-ring (bicyclic) bond motifs is 1. The Labute approximate surface area is 111 Å². The van der Waals surface area contributed by atoms with Crippen LogP contribution in [-0.4, -0.2) is 22.0 Å². The molecule has 0 bridgehead atoms. The van der Waals surface area contributed by atoms with Gasteiger partial charge in [-0.05, 0) is 18.6 Å². The SMILES string of the molecule is CCCCNC(=O)Cn1c(=O)cnc2ccccc21. The number of carbonyl (C=O) groups excluding carboxylic acids is 1. The number of unbranched alkanes of at least 4 members (excludes halogenated alkanes) is 1. The van der Waals surface area contributed by atoms with E-state index in [1.54, 1.807) is 6.07 Å². The number of hydrogen-bond acceptors (Lipinski definition) is 3. The maximum Gasteiger partial charge on any atom is 0.269 e. The van der Waals surface area contributed by atoms with Crippen molar-refractivity contribution in [3.05, 3.63) is 40.8 Å². The third-order valence-corrected chi connectivity index (χ3v) is 2.91. The normalized spacial score (nSPS) is 10.6. The van der Waals surface area contributed by atoms with Gasteiger partial charge in [0.2, 0.25) is 5.91 Å². The lowest BCUT2D eigenvalue weighted by Gasteiger charge is -2.09. The van der Waals surface area contributed by atoms with E-state index in [1.165, 1.54) is 10.8 Å². The van der Waals surface area contributed by atoms with Gasteiger partial charge in [-0.2, -0.15) is 0 Å². The van der Waals surface area contributed by atoms with Crippen LogP contribution in [-0.2, 0) is 11.3 Å². The van der Waals surface area contributed by atoms with Gasteiger partial charge in [0.15, 0.2) is 0 Å². The summed E-state index contributed by atoms with van der Waals surface area (Å²) in [5, 5.41) is 2.80. The first kappa shape index (κ1) is 13.3. The lowest BCUT2D eigenvalue weighted by atomic mass is 10.3. The summed E-state index contributed by atoms with van der Waals surface area (Å²) < 4.78 is 1.45. The second kappa shape index (κ2) is 6.13. The Morgan fingerprint density at radius 1 is 1.37 bits per heavy atom. The molecule has 0 aliphatic rings. The Bertz CT molecular complexity index is 634. The van der Waals surface area contributed by atoms with Crippen LogP contribution in [0.15, 0.2) is 35.3 Å². The van der Waals surface area contributed by atoms with Gasteiger partial charge in [-0.15, -0.1) is 0 Å². The minimum atomic E-state index is -0.260. The lowest BCUT2D eigenvalue weighted by molar-refractivity contribution is -0.121. The largest absolute Gasteiger partial charge is 0.355 e. The van der Waals surface area contributed by atoms with E-state index in [0.29, 0.717) is 17.6 Å². The summed E-state index contributed by atoms with van der Waals surface area (Å²) in [6, 6.07) is 7.30. The van der Waals surface area contributed by atoms with Crippen LogP contribution in [0.3, 0.4) is 0 Å². The molecule has 5 nitrogen and oxygen atoms in total. The number of carbonyl (C=O) groups is 1. The number of hydrogen-bond donors (Lipinski definition) is 1. The highest BCUT2D eigenvalue weighted by molar-refractivity contribution is 5.79. The number of nitrogens with zero attached hydrogens (tertiary/aromatic N) is 2. The summed E-state index contributed by atoms with van der Waals surface area (Å²) in [4.78, 5) is 27.7. The molecule has 0 saturated carbocycles. The van der Waals surface area contributed by atoms with E-state index in [4.69, 9.17) is 0 Å². The molecular formula is C14H17N3O2.